The molecule has 0 atom stereocenters. The number of hydrogen-bond acceptors (Lipinski definition) is 4. The van der Waals surface area contributed by atoms with Gasteiger partial charge in [0.1, 0.15) is 11.4 Å². The molecule has 2 aromatic heterocycles. The third kappa shape index (κ3) is 4.60. The molecule has 1 N–H and O–H groups in total. The van der Waals surface area contributed by atoms with Gasteiger partial charge in [-0.15, -0.1) is 0 Å². The van der Waals surface area contributed by atoms with E-state index >= 15 is 0 Å². The number of amides is 1. The maximum atomic E-state index is 11.9. The normalized spacial score (nSPS) is 10.9. The van der Waals surface area contributed by atoms with E-state index in [0.717, 1.165) is 22.5 Å². The molecule has 6 nitrogen and oxygen atoms in total. The molecule has 1 amide bonds. The smallest absolute Gasteiger partial charge is 0.244 e. The van der Waals surface area contributed by atoms with Gasteiger partial charge in [-0.05, 0) is 30.2 Å². The van der Waals surface area contributed by atoms with E-state index in [1.807, 2.05) is 49.5 Å². The van der Waals surface area contributed by atoms with E-state index in [2.05, 4.69) is 20.4 Å². The maximum Gasteiger partial charge on any atom is 0.244 e. The molecule has 0 aliphatic heterocycles. The van der Waals surface area contributed by atoms with Gasteiger partial charge in [-0.3, -0.25) is 19.4 Å². The van der Waals surface area contributed by atoms with Gasteiger partial charge in [0.25, 0.3) is 0 Å². The number of carbonyl (C=O) groups is 1. The second-order valence-corrected chi connectivity index (χ2v) is 5.54. The SMILES string of the molecule is Cc1ccccc1/C=C/C(=O)NCCn1ccc(-c2cnccn2)n1. The van der Waals surface area contributed by atoms with Crippen LogP contribution < -0.4 is 5.32 Å². The Labute approximate surface area is 146 Å². The van der Waals surface area contributed by atoms with Crippen molar-refractivity contribution >= 4 is 12.0 Å². The Kier molecular flexibility index (Phi) is 5.31. The number of aromatic nitrogens is 4. The monoisotopic (exact) mass is 333 g/mol. The second kappa shape index (κ2) is 8.01. The highest BCUT2D eigenvalue weighted by molar-refractivity contribution is 5.91. The van der Waals surface area contributed by atoms with Crippen molar-refractivity contribution in [1.82, 2.24) is 25.1 Å². The van der Waals surface area contributed by atoms with Crippen LogP contribution in [0.4, 0.5) is 0 Å². The molecule has 0 unspecified atom stereocenters. The molecule has 25 heavy (non-hydrogen) atoms. The van der Waals surface area contributed by atoms with Crippen LogP contribution >= 0.6 is 0 Å². The molecule has 3 rings (SSSR count). The lowest BCUT2D eigenvalue weighted by atomic mass is 10.1. The molecule has 0 saturated carbocycles. The summed E-state index contributed by atoms with van der Waals surface area (Å²) in [4.78, 5) is 20.1. The van der Waals surface area contributed by atoms with Crippen LogP contribution in [0.3, 0.4) is 0 Å². The van der Waals surface area contributed by atoms with Crippen LogP contribution in [0.1, 0.15) is 11.1 Å². The first-order chi connectivity index (χ1) is 12.2. The molecule has 0 saturated heterocycles. The van der Waals surface area contributed by atoms with Gasteiger partial charge in [-0.25, -0.2) is 0 Å². The summed E-state index contributed by atoms with van der Waals surface area (Å²) < 4.78 is 1.77. The first-order valence-corrected chi connectivity index (χ1v) is 8.04. The quantitative estimate of drug-likeness (QED) is 0.703. The average Bonchev–Trinajstić information content (AvgIpc) is 3.11. The minimum absolute atomic E-state index is 0.121. The van der Waals surface area contributed by atoms with Crippen molar-refractivity contribution in [3.8, 4) is 11.4 Å². The first-order valence-electron chi connectivity index (χ1n) is 8.04. The van der Waals surface area contributed by atoms with Crippen LogP contribution in [0.15, 0.2) is 61.2 Å². The van der Waals surface area contributed by atoms with Gasteiger partial charge in [-0.2, -0.15) is 5.10 Å². The number of aryl methyl sites for hydroxylation is 1. The zero-order valence-electron chi connectivity index (χ0n) is 14.0. The van der Waals surface area contributed by atoms with Gasteiger partial charge in [-0.1, -0.05) is 24.3 Å². The number of benzene rings is 1. The van der Waals surface area contributed by atoms with E-state index in [9.17, 15) is 4.79 Å². The Morgan fingerprint density at radius 1 is 1.20 bits per heavy atom. The summed E-state index contributed by atoms with van der Waals surface area (Å²) in [6.45, 7) is 3.10. The molecule has 0 fully saturated rings. The fourth-order valence-electron chi connectivity index (χ4n) is 2.35. The van der Waals surface area contributed by atoms with Crippen LogP contribution in [-0.4, -0.2) is 32.2 Å². The standard InChI is InChI=1S/C19H19N5O/c1-15-4-2-3-5-16(15)6-7-19(25)22-11-13-24-12-8-17(23-24)18-14-20-9-10-21-18/h2-10,12,14H,11,13H2,1H3,(H,22,25)/b7-6+. The summed E-state index contributed by atoms with van der Waals surface area (Å²) >= 11 is 0. The molecule has 126 valence electrons. The van der Waals surface area contributed by atoms with Crippen molar-refractivity contribution in [2.45, 2.75) is 13.5 Å². The van der Waals surface area contributed by atoms with E-state index in [1.165, 1.54) is 0 Å². The van der Waals surface area contributed by atoms with Gasteiger partial charge >= 0.3 is 0 Å². The summed E-state index contributed by atoms with van der Waals surface area (Å²) in [5.41, 5.74) is 3.67. The third-order valence-corrected chi connectivity index (χ3v) is 3.71. The largest absolute Gasteiger partial charge is 0.351 e. The van der Waals surface area contributed by atoms with E-state index < -0.39 is 0 Å². The number of hydrogen-bond donors (Lipinski definition) is 1. The molecule has 3 aromatic rings. The van der Waals surface area contributed by atoms with Crippen molar-refractivity contribution < 1.29 is 4.79 Å². The van der Waals surface area contributed by atoms with Gasteiger partial charge < -0.3 is 5.32 Å². The average molecular weight is 333 g/mol. The van der Waals surface area contributed by atoms with Crippen LogP contribution in [0.25, 0.3) is 17.5 Å². The highest BCUT2D eigenvalue weighted by Gasteiger charge is 2.03. The molecule has 1 aromatic carbocycles. The Hall–Kier alpha value is -3.28. The first kappa shape index (κ1) is 16.6. The maximum absolute atomic E-state index is 11.9. The Morgan fingerprint density at radius 3 is 2.88 bits per heavy atom. The Balaban J connectivity index is 1.49. The van der Waals surface area contributed by atoms with Gasteiger partial charge in [0.15, 0.2) is 0 Å². The molecule has 0 aliphatic rings. The molecule has 0 spiro atoms. The number of nitrogens with zero attached hydrogens (tertiary/aromatic N) is 4. The predicted molar refractivity (Wildman–Crippen MR) is 96.5 cm³/mol. The predicted octanol–water partition coefficient (Wildman–Crippen LogP) is 2.48. The summed E-state index contributed by atoms with van der Waals surface area (Å²) in [5, 5.41) is 7.28. The molecular formula is C19H19N5O. The third-order valence-electron chi connectivity index (χ3n) is 3.71. The molecule has 6 heteroatoms. The molecular weight excluding hydrogens is 314 g/mol. The van der Waals surface area contributed by atoms with Crippen LogP contribution in [0.2, 0.25) is 0 Å². The Bertz CT molecular complexity index is 870. The van der Waals surface area contributed by atoms with Crippen molar-refractivity contribution in [1.29, 1.82) is 0 Å². The highest BCUT2D eigenvalue weighted by atomic mass is 16.1. The van der Waals surface area contributed by atoms with Gasteiger partial charge in [0.2, 0.25) is 5.91 Å². The summed E-state index contributed by atoms with van der Waals surface area (Å²) in [6, 6.07) is 9.81. The van der Waals surface area contributed by atoms with Gasteiger partial charge in [0.05, 0.1) is 12.7 Å². The van der Waals surface area contributed by atoms with Crippen LogP contribution in [0, 0.1) is 6.92 Å². The number of rotatable bonds is 6. The van der Waals surface area contributed by atoms with E-state index in [0.29, 0.717) is 13.1 Å². The van der Waals surface area contributed by atoms with E-state index in [-0.39, 0.29) is 5.91 Å². The number of nitrogens with one attached hydrogen (secondary N) is 1. The number of carbonyl (C=O) groups excluding carboxylic acids is 1. The second-order valence-electron chi connectivity index (χ2n) is 5.54. The summed E-state index contributed by atoms with van der Waals surface area (Å²) in [6.07, 6.45) is 10.2. The molecule has 0 bridgehead atoms. The van der Waals surface area contributed by atoms with Crippen LogP contribution in [0.5, 0.6) is 0 Å². The zero-order valence-corrected chi connectivity index (χ0v) is 14.0. The van der Waals surface area contributed by atoms with E-state index in [4.69, 9.17) is 0 Å². The summed E-state index contributed by atoms with van der Waals surface area (Å²) in [5.74, 6) is -0.121. The summed E-state index contributed by atoms with van der Waals surface area (Å²) in [7, 11) is 0. The van der Waals surface area contributed by atoms with Crippen LogP contribution in [-0.2, 0) is 11.3 Å². The van der Waals surface area contributed by atoms with Crippen molar-refractivity contribution in [2.75, 3.05) is 6.54 Å². The minimum atomic E-state index is -0.121. The fourth-order valence-corrected chi connectivity index (χ4v) is 2.35. The molecule has 0 aliphatic carbocycles. The lowest BCUT2D eigenvalue weighted by Gasteiger charge is -2.03. The van der Waals surface area contributed by atoms with Crippen molar-refractivity contribution in [2.24, 2.45) is 0 Å². The lowest BCUT2D eigenvalue weighted by Crippen LogP contribution is -2.25. The van der Waals surface area contributed by atoms with Crippen molar-refractivity contribution in [3.63, 3.8) is 0 Å². The lowest BCUT2D eigenvalue weighted by molar-refractivity contribution is -0.116. The topological polar surface area (TPSA) is 72.7 Å². The minimum Gasteiger partial charge on any atom is -0.351 e. The zero-order chi connectivity index (χ0) is 17.5. The van der Waals surface area contributed by atoms with Crippen molar-refractivity contribution in [3.05, 3.63) is 72.3 Å². The fraction of sp³-hybridized carbons (Fsp3) is 0.158. The highest BCUT2D eigenvalue weighted by Crippen LogP contribution is 2.11. The van der Waals surface area contributed by atoms with E-state index in [1.54, 1.807) is 29.3 Å². The molecule has 2 heterocycles. The molecule has 0 radical (unpaired) electrons. The van der Waals surface area contributed by atoms with Gasteiger partial charge in [0, 0.05) is 31.2 Å². The Morgan fingerprint density at radius 2 is 2.08 bits per heavy atom.